The summed E-state index contributed by atoms with van der Waals surface area (Å²) in [7, 11) is 0. The molecule has 0 bridgehead atoms. The molecule has 0 amide bonds. The maximum atomic E-state index is 15.5. The Morgan fingerprint density at radius 3 is 2.71 bits per heavy atom. The van der Waals surface area contributed by atoms with Crippen molar-refractivity contribution in [2.45, 2.75) is 69.3 Å². The number of alkyl halides is 1. The molecule has 0 radical (unpaired) electrons. The number of rotatable bonds is 5. The number of hydrogen-bond donors (Lipinski definition) is 2. The number of halogens is 2. The van der Waals surface area contributed by atoms with Crippen molar-refractivity contribution in [3.05, 3.63) is 40.8 Å². The monoisotopic (exact) mass is 540 g/mol. The van der Waals surface area contributed by atoms with E-state index in [0.717, 1.165) is 40.9 Å². The number of aromatic nitrogens is 4. The summed E-state index contributed by atoms with van der Waals surface area (Å²) in [4.78, 5) is 11.3. The summed E-state index contributed by atoms with van der Waals surface area (Å²) >= 11 is 6.75. The maximum Gasteiger partial charge on any atom is 0.227 e. The van der Waals surface area contributed by atoms with Crippen molar-refractivity contribution < 1.29 is 14.2 Å². The number of benzene rings is 1. The largest absolute Gasteiger partial charge is 0.389 e. The highest BCUT2D eigenvalue weighted by molar-refractivity contribution is 6.32. The summed E-state index contributed by atoms with van der Waals surface area (Å²) in [5.74, 6) is 1.76. The zero-order chi connectivity index (χ0) is 26.0. The molecule has 202 valence electrons. The molecule has 2 saturated carbocycles. The van der Waals surface area contributed by atoms with Crippen molar-refractivity contribution in [3.63, 3.8) is 0 Å². The number of hydrogen-bond acceptors (Lipinski definition) is 7. The quantitative estimate of drug-likeness (QED) is 0.481. The molecule has 10 heteroatoms. The van der Waals surface area contributed by atoms with Crippen LogP contribution in [0, 0.1) is 18.8 Å². The van der Waals surface area contributed by atoms with Gasteiger partial charge in [0.1, 0.15) is 6.17 Å². The van der Waals surface area contributed by atoms with E-state index < -0.39 is 12.3 Å². The van der Waals surface area contributed by atoms with Crippen LogP contribution in [0.3, 0.4) is 0 Å². The Morgan fingerprint density at radius 1 is 1.11 bits per heavy atom. The van der Waals surface area contributed by atoms with E-state index in [1.54, 1.807) is 12.4 Å². The molecule has 2 aliphatic carbocycles. The number of anilines is 2. The van der Waals surface area contributed by atoms with Crippen LogP contribution >= 0.6 is 11.6 Å². The van der Waals surface area contributed by atoms with Crippen LogP contribution < -0.4 is 5.32 Å². The number of aliphatic hydroxyl groups excluding tert-OH is 1. The first kappa shape index (κ1) is 24.7. The summed E-state index contributed by atoms with van der Waals surface area (Å²) < 4.78 is 22.9. The summed E-state index contributed by atoms with van der Waals surface area (Å²) in [5.41, 5.74) is 3.51. The third kappa shape index (κ3) is 4.18. The van der Waals surface area contributed by atoms with Crippen LogP contribution in [0.15, 0.2) is 24.5 Å². The number of nitrogens with one attached hydrogen (secondary N) is 1. The zero-order valence-electron chi connectivity index (χ0n) is 21.6. The summed E-state index contributed by atoms with van der Waals surface area (Å²) in [6.45, 7) is 3.85. The molecule has 4 aliphatic rings. The minimum atomic E-state index is -1.03. The predicted molar refractivity (Wildman–Crippen MR) is 144 cm³/mol. The topological polar surface area (TPSA) is 88.3 Å². The Morgan fingerprint density at radius 2 is 1.97 bits per heavy atom. The van der Waals surface area contributed by atoms with E-state index in [4.69, 9.17) is 21.3 Å². The van der Waals surface area contributed by atoms with E-state index in [1.807, 2.05) is 28.6 Å². The standard InChI is InChI=1S/C28H34ClFN6O2/c1-15-8-17-10-31-28(34-23-11-32-36(27(23)29)24-5-3-16-2-4-18(16)24)33-22(17)9-20(15)19-6-7-35(12-21(19)30)25-13-38-14-26(25)37/h8-11,16,18-19,21,24-26,37H,2-7,12-14H2,1H3,(H,31,33,34)/t16?,18?,19?,21-,24?,25+,26?/m0/s1. The normalized spacial score (nSPS) is 33.4. The highest BCUT2D eigenvalue weighted by atomic mass is 35.5. The molecule has 2 aromatic heterocycles. The highest BCUT2D eigenvalue weighted by Gasteiger charge is 2.44. The second-order valence-electron chi connectivity index (χ2n) is 11.6. The van der Waals surface area contributed by atoms with E-state index in [1.165, 1.54) is 19.3 Å². The molecule has 5 unspecified atom stereocenters. The van der Waals surface area contributed by atoms with Crippen LogP contribution in [0.4, 0.5) is 16.0 Å². The van der Waals surface area contributed by atoms with Gasteiger partial charge in [0, 0.05) is 24.0 Å². The van der Waals surface area contributed by atoms with Crippen molar-refractivity contribution in [2.24, 2.45) is 11.8 Å². The lowest BCUT2D eigenvalue weighted by atomic mass is 9.75. The predicted octanol–water partition coefficient (Wildman–Crippen LogP) is 4.78. The number of nitrogens with zero attached hydrogens (tertiary/aromatic N) is 5. The fourth-order valence-electron chi connectivity index (χ4n) is 7.27. The highest BCUT2D eigenvalue weighted by Crippen LogP contribution is 2.53. The SMILES string of the molecule is Cc1cc2cnc(Nc3cnn(C4CCC5CCC54)c3Cl)nc2cc1C1CCN([C@@H]2COCC2O)C[C@@H]1F. The Hall–Kier alpha value is -2.33. The van der Waals surface area contributed by atoms with Crippen LogP contribution in [0.5, 0.6) is 0 Å². The van der Waals surface area contributed by atoms with Crippen LogP contribution in [0.1, 0.15) is 55.2 Å². The van der Waals surface area contributed by atoms with Gasteiger partial charge in [-0.3, -0.25) is 4.90 Å². The molecule has 4 heterocycles. The summed E-state index contributed by atoms with van der Waals surface area (Å²) in [6.07, 6.45) is 7.67. The van der Waals surface area contributed by atoms with Crippen LogP contribution in [0.25, 0.3) is 10.9 Å². The van der Waals surface area contributed by atoms with Crippen LogP contribution in [-0.4, -0.2) is 74.4 Å². The second kappa shape index (κ2) is 9.70. The maximum absolute atomic E-state index is 15.5. The van der Waals surface area contributed by atoms with Gasteiger partial charge < -0.3 is 15.2 Å². The molecular weight excluding hydrogens is 507 g/mol. The van der Waals surface area contributed by atoms with Gasteiger partial charge in [-0.2, -0.15) is 5.10 Å². The van der Waals surface area contributed by atoms with Gasteiger partial charge >= 0.3 is 0 Å². The molecule has 0 spiro atoms. The first-order valence-corrected chi connectivity index (χ1v) is 14.3. The minimum Gasteiger partial charge on any atom is -0.389 e. The number of ether oxygens (including phenoxy) is 1. The lowest BCUT2D eigenvalue weighted by Gasteiger charge is -2.39. The fraction of sp³-hybridized carbons (Fsp3) is 0.607. The molecule has 2 N–H and O–H groups in total. The Bertz CT molecular complexity index is 1350. The number of aliphatic hydroxyl groups is 1. The molecule has 2 aliphatic heterocycles. The second-order valence-corrected chi connectivity index (χ2v) is 12.0. The molecule has 2 saturated heterocycles. The van der Waals surface area contributed by atoms with Crippen molar-refractivity contribution in [3.8, 4) is 0 Å². The van der Waals surface area contributed by atoms with Crippen LogP contribution in [-0.2, 0) is 4.74 Å². The first-order valence-electron chi connectivity index (χ1n) is 13.9. The molecule has 4 fully saturated rings. The van der Waals surface area contributed by atoms with E-state index in [0.29, 0.717) is 54.9 Å². The summed E-state index contributed by atoms with van der Waals surface area (Å²) in [5, 5.41) is 19.6. The molecule has 38 heavy (non-hydrogen) atoms. The van der Waals surface area contributed by atoms with Gasteiger partial charge in [0.15, 0.2) is 5.15 Å². The van der Waals surface area contributed by atoms with Gasteiger partial charge in [-0.1, -0.05) is 11.6 Å². The fourth-order valence-corrected chi connectivity index (χ4v) is 7.54. The van der Waals surface area contributed by atoms with Gasteiger partial charge in [-0.05, 0) is 80.7 Å². The Labute approximate surface area is 226 Å². The van der Waals surface area contributed by atoms with Crippen LogP contribution in [0.2, 0.25) is 5.15 Å². The zero-order valence-corrected chi connectivity index (χ0v) is 22.3. The third-order valence-electron chi connectivity index (χ3n) is 9.53. The average molecular weight is 541 g/mol. The Balaban J connectivity index is 1.10. The minimum absolute atomic E-state index is 0.117. The van der Waals surface area contributed by atoms with E-state index in [2.05, 4.69) is 15.4 Å². The molecular formula is C28H34ClFN6O2. The van der Waals surface area contributed by atoms with Crippen molar-refractivity contribution in [2.75, 3.05) is 31.6 Å². The lowest BCUT2D eigenvalue weighted by Crippen LogP contribution is -2.50. The first-order chi connectivity index (χ1) is 18.5. The Kier molecular flexibility index (Phi) is 6.30. The lowest BCUT2D eigenvalue weighted by molar-refractivity contribution is 0.0352. The van der Waals surface area contributed by atoms with Gasteiger partial charge in [0.25, 0.3) is 0 Å². The number of fused-ring (bicyclic) bond motifs is 2. The van der Waals surface area contributed by atoms with Gasteiger partial charge in [-0.15, -0.1) is 0 Å². The van der Waals surface area contributed by atoms with Gasteiger partial charge in [0.2, 0.25) is 5.95 Å². The third-order valence-corrected chi connectivity index (χ3v) is 9.91. The molecule has 1 aromatic carbocycles. The van der Waals surface area contributed by atoms with E-state index in [9.17, 15) is 5.11 Å². The molecule has 8 nitrogen and oxygen atoms in total. The number of piperidine rings is 1. The van der Waals surface area contributed by atoms with Gasteiger partial charge in [-0.25, -0.2) is 19.0 Å². The molecule has 7 atom stereocenters. The smallest absolute Gasteiger partial charge is 0.227 e. The average Bonchev–Trinajstić information content (AvgIpc) is 3.55. The van der Waals surface area contributed by atoms with Crippen molar-refractivity contribution in [1.82, 2.24) is 24.6 Å². The van der Waals surface area contributed by atoms with E-state index in [-0.39, 0.29) is 12.0 Å². The number of likely N-dealkylation sites (tertiary alicyclic amines) is 1. The molecule has 3 aromatic rings. The van der Waals surface area contributed by atoms with Crippen molar-refractivity contribution in [1.29, 1.82) is 0 Å². The van der Waals surface area contributed by atoms with E-state index >= 15 is 4.39 Å². The summed E-state index contributed by atoms with van der Waals surface area (Å²) in [6, 6.07) is 4.32. The molecule has 7 rings (SSSR count). The van der Waals surface area contributed by atoms with Gasteiger partial charge in [0.05, 0.1) is 48.8 Å². The number of aryl methyl sites for hydroxylation is 1. The van der Waals surface area contributed by atoms with Crippen molar-refractivity contribution >= 4 is 34.1 Å².